The van der Waals surface area contributed by atoms with Gasteiger partial charge in [0, 0.05) is 12.6 Å². The number of nitrogens with zero attached hydrogens (tertiary/aromatic N) is 1. The Labute approximate surface area is 130 Å². The Balaban J connectivity index is 1.62. The van der Waals surface area contributed by atoms with Gasteiger partial charge >= 0.3 is 0 Å². The topological polar surface area (TPSA) is 54.3 Å². The Morgan fingerprint density at radius 3 is 2.82 bits per heavy atom. The van der Waals surface area contributed by atoms with Crippen LogP contribution in [0.1, 0.15) is 16.7 Å². The molecule has 0 saturated carbocycles. The van der Waals surface area contributed by atoms with E-state index >= 15 is 0 Å². The number of ether oxygens (including phenoxy) is 2. The summed E-state index contributed by atoms with van der Waals surface area (Å²) in [5.41, 5.74) is 3.02. The van der Waals surface area contributed by atoms with E-state index in [2.05, 4.69) is 17.5 Å². The Morgan fingerprint density at radius 2 is 2.09 bits per heavy atom. The minimum absolute atomic E-state index is 0.273. The lowest BCUT2D eigenvalue weighted by Gasteiger charge is -2.27. The van der Waals surface area contributed by atoms with Gasteiger partial charge in [0.1, 0.15) is 6.61 Å². The molecule has 1 N–H and O–H groups in total. The number of nitrogens with one attached hydrogen (secondary N) is 1. The second-order valence-electron chi connectivity index (χ2n) is 5.35. The summed E-state index contributed by atoms with van der Waals surface area (Å²) in [6.45, 7) is 1.39. The summed E-state index contributed by atoms with van der Waals surface area (Å²) in [6, 6.07) is 16.0. The Kier molecular flexibility index (Phi) is 4.27. The van der Waals surface area contributed by atoms with Crippen molar-refractivity contribution in [1.82, 2.24) is 5.32 Å². The van der Waals surface area contributed by atoms with Gasteiger partial charge in [0.15, 0.2) is 11.5 Å². The normalized spacial score (nSPS) is 16.3. The van der Waals surface area contributed by atoms with E-state index in [-0.39, 0.29) is 6.04 Å². The van der Waals surface area contributed by atoms with Crippen molar-refractivity contribution in [3.63, 3.8) is 0 Å². The van der Waals surface area contributed by atoms with Gasteiger partial charge in [-0.3, -0.25) is 0 Å². The van der Waals surface area contributed by atoms with Gasteiger partial charge in [-0.05, 0) is 35.7 Å². The Hall–Kier alpha value is -2.51. The van der Waals surface area contributed by atoms with E-state index in [0.717, 1.165) is 30.0 Å². The van der Waals surface area contributed by atoms with Gasteiger partial charge in [-0.1, -0.05) is 24.3 Å². The Bertz CT molecular complexity index is 689. The first kappa shape index (κ1) is 14.4. The number of hydrogen-bond acceptors (Lipinski definition) is 4. The summed E-state index contributed by atoms with van der Waals surface area (Å²) in [5, 5.41) is 12.3. The van der Waals surface area contributed by atoms with Crippen molar-refractivity contribution in [3.8, 4) is 17.6 Å². The first-order valence-corrected chi connectivity index (χ1v) is 7.31. The molecule has 0 aromatic heterocycles. The van der Waals surface area contributed by atoms with Gasteiger partial charge in [0.05, 0.1) is 18.7 Å². The van der Waals surface area contributed by atoms with Crippen LogP contribution >= 0.6 is 0 Å². The molecule has 0 aliphatic carbocycles. The number of para-hydroxylation sites is 1. The van der Waals surface area contributed by atoms with Crippen molar-refractivity contribution in [1.29, 1.82) is 5.26 Å². The number of methoxy groups -OCH3 is 1. The maximum atomic E-state index is 8.81. The summed E-state index contributed by atoms with van der Waals surface area (Å²) >= 11 is 0. The van der Waals surface area contributed by atoms with Crippen LogP contribution in [0, 0.1) is 11.3 Å². The molecule has 0 radical (unpaired) electrons. The summed E-state index contributed by atoms with van der Waals surface area (Å²) in [7, 11) is 1.66. The first-order chi connectivity index (χ1) is 10.8. The van der Waals surface area contributed by atoms with Gasteiger partial charge in [-0.25, -0.2) is 0 Å². The lowest BCUT2D eigenvalue weighted by molar-refractivity contribution is 0.226. The van der Waals surface area contributed by atoms with Crippen molar-refractivity contribution in [3.05, 3.63) is 59.2 Å². The Morgan fingerprint density at radius 1 is 1.27 bits per heavy atom. The van der Waals surface area contributed by atoms with E-state index in [9.17, 15) is 0 Å². The number of benzene rings is 2. The highest BCUT2D eigenvalue weighted by Gasteiger charge is 2.22. The third-order valence-electron chi connectivity index (χ3n) is 3.85. The van der Waals surface area contributed by atoms with Crippen LogP contribution in [0.25, 0.3) is 0 Å². The van der Waals surface area contributed by atoms with Crippen LogP contribution in [0.5, 0.6) is 11.5 Å². The van der Waals surface area contributed by atoms with E-state index in [4.69, 9.17) is 14.7 Å². The fraction of sp³-hybridized carbons (Fsp3) is 0.278. The molecule has 0 saturated heterocycles. The third kappa shape index (κ3) is 3.05. The SMILES string of the molecule is COc1cccc2c1OC[C@H](NCc1ccc(C#N)cc1)C2. The van der Waals surface area contributed by atoms with E-state index in [0.29, 0.717) is 12.2 Å². The fourth-order valence-electron chi connectivity index (χ4n) is 2.65. The van der Waals surface area contributed by atoms with Gasteiger partial charge in [0.25, 0.3) is 0 Å². The molecule has 4 nitrogen and oxygen atoms in total. The highest BCUT2D eigenvalue weighted by Crippen LogP contribution is 2.34. The van der Waals surface area contributed by atoms with Crippen LogP contribution in [-0.4, -0.2) is 19.8 Å². The predicted molar refractivity (Wildman–Crippen MR) is 84.0 cm³/mol. The molecule has 2 aromatic carbocycles. The average molecular weight is 294 g/mol. The van der Waals surface area contributed by atoms with Crippen LogP contribution < -0.4 is 14.8 Å². The summed E-state index contributed by atoms with van der Waals surface area (Å²) in [5.74, 6) is 1.66. The van der Waals surface area contributed by atoms with Gasteiger partial charge in [-0.2, -0.15) is 5.26 Å². The number of hydrogen-bond donors (Lipinski definition) is 1. The average Bonchev–Trinajstić information content (AvgIpc) is 2.59. The largest absolute Gasteiger partial charge is 0.493 e. The highest BCUT2D eigenvalue weighted by molar-refractivity contribution is 5.48. The van der Waals surface area contributed by atoms with E-state index in [1.165, 1.54) is 5.56 Å². The third-order valence-corrected chi connectivity index (χ3v) is 3.85. The molecule has 1 heterocycles. The maximum Gasteiger partial charge on any atom is 0.164 e. The molecule has 0 amide bonds. The first-order valence-electron chi connectivity index (χ1n) is 7.31. The summed E-state index contributed by atoms with van der Waals surface area (Å²) in [4.78, 5) is 0. The van der Waals surface area contributed by atoms with Crippen LogP contribution in [0.3, 0.4) is 0 Å². The minimum atomic E-state index is 0.273. The van der Waals surface area contributed by atoms with E-state index < -0.39 is 0 Å². The quantitative estimate of drug-likeness (QED) is 0.942. The smallest absolute Gasteiger partial charge is 0.164 e. The summed E-state index contributed by atoms with van der Waals surface area (Å²) < 4.78 is 11.2. The molecule has 0 spiro atoms. The van der Waals surface area contributed by atoms with E-state index in [1.807, 2.05) is 36.4 Å². The van der Waals surface area contributed by atoms with Crippen LogP contribution in [0.15, 0.2) is 42.5 Å². The lowest BCUT2D eigenvalue weighted by Crippen LogP contribution is -2.38. The predicted octanol–water partition coefficient (Wildman–Crippen LogP) is 2.66. The second kappa shape index (κ2) is 6.50. The van der Waals surface area contributed by atoms with Crippen molar-refractivity contribution < 1.29 is 9.47 Å². The fourth-order valence-corrected chi connectivity index (χ4v) is 2.65. The molecule has 0 bridgehead atoms. The number of fused-ring (bicyclic) bond motifs is 1. The molecule has 0 unspecified atom stereocenters. The molecule has 2 aromatic rings. The number of nitriles is 1. The van der Waals surface area contributed by atoms with Gasteiger partial charge in [0.2, 0.25) is 0 Å². The molecule has 22 heavy (non-hydrogen) atoms. The summed E-state index contributed by atoms with van der Waals surface area (Å²) in [6.07, 6.45) is 0.919. The standard InChI is InChI=1S/C18H18N2O2/c1-21-17-4-2-3-15-9-16(12-22-18(15)17)20-11-14-7-5-13(10-19)6-8-14/h2-8,16,20H,9,11-12H2,1H3/t16-/m1/s1. The zero-order valence-electron chi connectivity index (χ0n) is 12.5. The van der Waals surface area contributed by atoms with E-state index in [1.54, 1.807) is 7.11 Å². The van der Waals surface area contributed by atoms with Crippen molar-refractivity contribution in [2.24, 2.45) is 0 Å². The highest BCUT2D eigenvalue weighted by atomic mass is 16.5. The molecule has 1 atom stereocenters. The molecule has 1 aliphatic heterocycles. The van der Waals surface area contributed by atoms with Gasteiger partial charge in [-0.15, -0.1) is 0 Å². The van der Waals surface area contributed by atoms with Crippen LogP contribution in [-0.2, 0) is 13.0 Å². The minimum Gasteiger partial charge on any atom is -0.493 e. The molecular formula is C18H18N2O2. The zero-order chi connectivity index (χ0) is 15.4. The van der Waals surface area contributed by atoms with Crippen molar-refractivity contribution >= 4 is 0 Å². The molecule has 3 rings (SSSR count). The maximum absolute atomic E-state index is 8.81. The zero-order valence-corrected chi connectivity index (χ0v) is 12.5. The van der Waals surface area contributed by atoms with Crippen LogP contribution in [0.2, 0.25) is 0 Å². The molecular weight excluding hydrogens is 276 g/mol. The monoisotopic (exact) mass is 294 g/mol. The second-order valence-corrected chi connectivity index (χ2v) is 5.35. The van der Waals surface area contributed by atoms with Gasteiger partial charge < -0.3 is 14.8 Å². The molecule has 0 fully saturated rings. The lowest BCUT2D eigenvalue weighted by atomic mass is 10.0. The molecule has 112 valence electrons. The molecule has 4 heteroatoms. The van der Waals surface area contributed by atoms with Crippen molar-refractivity contribution in [2.75, 3.05) is 13.7 Å². The molecule has 1 aliphatic rings. The van der Waals surface area contributed by atoms with Crippen molar-refractivity contribution in [2.45, 2.75) is 19.0 Å². The van der Waals surface area contributed by atoms with Crippen LogP contribution in [0.4, 0.5) is 0 Å². The number of rotatable bonds is 4.